The predicted molar refractivity (Wildman–Crippen MR) is 71.7 cm³/mol. The third kappa shape index (κ3) is 5.56. The highest BCUT2D eigenvalue weighted by Gasteiger charge is 2.06. The minimum atomic E-state index is -0.0202. The van der Waals surface area contributed by atoms with Gasteiger partial charge in [-0.2, -0.15) is 0 Å². The number of benzene rings is 1. The van der Waals surface area contributed by atoms with Crippen LogP contribution in [0.5, 0.6) is 5.75 Å². The molecule has 0 atom stereocenters. The zero-order chi connectivity index (χ0) is 12.0. The molecule has 0 aromatic heterocycles. The standard InChI is InChI=1S/C12H18N2O2.ClH/c1-9(2)12(15)14-10-3-5-11(6-4-10)16-8-7-13;/h3-6,9H,7-8,13H2,1-2H3,(H,14,15);1H. The summed E-state index contributed by atoms with van der Waals surface area (Å²) in [5.74, 6) is 0.747. The summed E-state index contributed by atoms with van der Waals surface area (Å²) < 4.78 is 5.32. The van der Waals surface area contributed by atoms with E-state index in [0.29, 0.717) is 13.2 Å². The van der Waals surface area contributed by atoms with Gasteiger partial charge in [-0.05, 0) is 24.3 Å². The van der Waals surface area contributed by atoms with Crippen molar-refractivity contribution in [3.05, 3.63) is 24.3 Å². The number of hydrogen-bond acceptors (Lipinski definition) is 3. The van der Waals surface area contributed by atoms with Crippen molar-refractivity contribution in [3.8, 4) is 5.75 Å². The maximum atomic E-state index is 11.4. The molecule has 0 spiro atoms. The second-order valence-corrected chi connectivity index (χ2v) is 3.81. The molecular weight excluding hydrogens is 240 g/mol. The van der Waals surface area contributed by atoms with Crippen LogP contribution in [0.2, 0.25) is 0 Å². The van der Waals surface area contributed by atoms with E-state index in [4.69, 9.17) is 10.5 Å². The fourth-order valence-electron chi connectivity index (χ4n) is 1.10. The number of amides is 1. The molecule has 4 nitrogen and oxygen atoms in total. The van der Waals surface area contributed by atoms with Crippen LogP contribution in [0.1, 0.15) is 13.8 Å². The average molecular weight is 259 g/mol. The fraction of sp³-hybridized carbons (Fsp3) is 0.417. The maximum absolute atomic E-state index is 11.4. The van der Waals surface area contributed by atoms with E-state index in [2.05, 4.69) is 5.32 Å². The van der Waals surface area contributed by atoms with Crippen LogP contribution in [0.4, 0.5) is 5.69 Å². The minimum Gasteiger partial charge on any atom is -0.492 e. The summed E-state index contributed by atoms with van der Waals surface area (Å²) in [5, 5.41) is 2.81. The Hall–Kier alpha value is -1.26. The van der Waals surface area contributed by atoms with Crippen LogP contribution >= 0.6 is 12.4 Å². The quantitative estimate of drug-likeness (QED) is 0.850. The molecule has 0 saturated heterocycles. The molecular formula is C12H19ClN2O2. The summed E-state index contributed by atoms with van der Waals surface area (Å²) >= 11 is 0. The van der Waals surface area contributed by atoms with Gasteiger partial charge in [-0.3, -0.25) is 4.79 Å². The highest BCUT2D eigenvalue weighted by atomic mass is 35.5. The third-order valence-electron chi connectivity index (χ3n) is 2.03. The molecule has 0 radical (unpaired) electrons. The monoisotopic (exact) mass is 258 g/mol. The van der Waals surface area contributed by atoms with Crippen molar-refractivity contribution in [1.29, 1.82) is 0 Å². The van der Waals surface area contributed by atoms with Gasteiger partial charge in [0.1, 0.15) is 12.4 Å². The largest absolute Gasteiger partial charge is 0.492 e. The molecule has 0 bridgehead atoms. The summed E-state index contributed by atoms with van der Waals surface area (Å²) in [6.45, 7) is 4.70. The van der Waals surface area contributed by atoms with Crippen molar-refractivity contribution in [2.75, 3.05) is 18.5 Å². The van der Waals surface area contributed by atoms with Gasteiger partial charge in [0, 0.05) is 18.2 Å². The van der Waals surface area contributed by atoms with Gasteiger partial charge < -0.3 is 15.8 Å². The van der Waals surface area contributed by atoms with Crippen molar-refractivity contribution < 1.29 is 9.53 Å². The topological polar surface area (TPSA) is 64.3 Å². The normalized spacial score (nSPS) is 9.65. The smallest absolute Gasteiger partial charge is 0.226 e. The van der Waals surface area contributed by atoms with E-state index in [1.54, 1.807) is 0 Å². The number of anilines is 1. The van der Waals surface area contributed by atoms with Crippen LogP contribution in [0.25, 0.3) is 0 Å². The number of ether oxygens (including phenoxy) is 1. The predicted octanol–water partition coefficient (Wildman–Crippen LogP) is 2.04. The second-order valence-electron chi connectivity index (χ2n) is 3.81. The Kier molecular flexibility index (Phi) is 7.34. The summed E-state index contributed by atoms with van der Waals surface area (Å²) in [7, 11) is 0. The first-order valence-electron chi connectivity index (χ1n) is 5.37. The van der Waals surface area contributed by atoms with Gasteiger partial charge in [-0.1, -0.05) is 13.8 Å². The van der Waals surface area contributed by atoms with Crippen LogP contribution in [0.15, 0.2) is 24.3 Å². The Labute approximate surface area is 108 Å². The maximum Gasteiger partial charge on any atom is 0.226 e. The molecule has 5 heteroatoms. The second kappa shape index (κ2) is 7.92. The molecule has 1 rings (SSSR count). The molecule has 0 aliphatic rings. The lowest BCUT2D eigenvalue weighted by molar-refractivity contribution is -0.118. The van der Waals surface area contributed by atoms with Crippen molar-refractivity contribution in [1.82, 2.24) is 0 Å². The minimum absolute atomic E-state index is 0. The van der Waals surface area contributed by atoms with Crippen LogP contribution < -0.4 is 15.8 Å². The molecule has 3 N–H and O–H groups in total. The fourth-order valence-corrected chi connectivity index (χ4v) is 1.10. The molecule has 0 fully saturated rings. The van der Waals surface area contributed by atoms with E-state index in [-0.39, 0.29) is 24.2 Å². The lowest BCUT2D eigenvalue weighted by Crippen LogP contribution is -2.17. The molecule has 0 unspecified atom stereocenters. The Morgan fingerprint density at radius 2 is 1.94 bits per heavy atom. The van der Waals surface area contributed by atoms with E-state index >= 15 is 0 Å². The zero-order valence-electron chi connectivity index (χ0n) is 10.1. The van der Waals surface area contributed by atoms with E-state index in [1.807, 2.05) is 38.1 Å². The Bertz CT molecular complexity index is 339. The summed E-state index contributed by atoms with van der Waals surface area (Å²) in [4.78, 5) is 11.4. The molecule has 0 heterocycles. The molecule has 1 aromatic rings. The number of nitrogens with two attached hydrogens (primary N) is 1. The molecule has 0 saturated carbocycles. The third-order valence-corrected chi connectivity index (χ3v) is 2.03. The molecule has 17 heavy (non-hydrogen) atoms. The van der Waals surface area contributed by atoms with E-state index in [1.165, 1.54) is 0 Å². The SMILES string of the molecule is CC(C)C(=O)Nc1ccc(OCCN)cc1.Cl. The van der Waals surface area contributed by atoms with Gasteiger partial charge in [0.2, 0.25) is 5.91 Å². The number of hydrogen-bond donors (Lipinski definition) is 2. The van der Waals surface area contributed by atoms with E-state index < -0.39 is 0 Å². The molecule has 0 aliphatic heterocycles. The van der Waals surface area contributed by atoms with Crippen LogP contribution in [-0.2, 0) is 4.79 Å². The first-order chi connectivity index (χ1) is 7.63. The zero-order valence-corrected chi connectivity index (χ0v) is 10.9. The van der Waals surface area contributed by atoms with Crippen molar-refractivity contribution in [2.24, 2.45) is 11.7 Å². The van der Waals surface area contributed by atoms with Crippen molar-refractivity contribution in [2.45, 2.75) is 13.8 Å². The van der Waals surface area contributed by atoms with Gasteiger partial charge in [0.15, 0.2) is 0 Å². The molecule has 0 aliphatic carbocycles. The Morgan fingerprint density at radius 1 is 1.35 bits per heavy atom. The van der Waals surface area contributed by atoms with Crippen LogP contribution in [0.3, 0.4) is 0 Å². The highest BCUT2D eigenvalue weighted by molar-refractivity contribution is 5.92. The van der Waals surface area contributed by atoms with Crippen LogP contribution in [0, 0.1) is 5.92 Å². The Balaban J connectivity index is 0.00000256. The van der Waals surface area contributed by atoms with Gasteiger partial charge in [0.05, 0.1) is 0 Å². The van der Waals surface area contributed by atoms with Gasteiger partial charge >= 0.3 is 0 Å². The lowest BCUT2D eigenvalue weighted by Gasteiger charge is -2.09. The molecule has 1 amide bonds. The first-order valence-corrected chi connectivity index (χ1v) is 5.37. The first kappa shape index (κ1) is 15.7. The average Bonchev–Trinajstić information content (AvgIpc) is 2.28. The summed E-state index contributed by atoms with van der Waals surface area (Å²) in [6, 6.07) is 7.25. The van der Waals surface area contributed by atoms with Crippen molar-refractivity contribution >= 4 is 24.0 Å². The number of rotatable bonds is 5. The highest BCUT2D eigenvalue weighted by Crippen LogP contribution is 2.16. The van der Waals surface area contributed by atoms with Gasteiger partial charge in [-0.15, -0.1) is 12.4 Å². The number of halogens is 1. The van der Waals surface area contributed by atoms with Gasteiger partial charge in [0.25, 0.3) is 0 Å². The lowest BCUT2D eigenvalue weighted by atomic mass is 10.2. The summed E-state index contributed by atoms with van der Waals surface area (Å²) in [6.07, 6.45) is 0. The van der Waals surface area contributed by atoms with E-state index in [0.717, 1.165) is 11.4 Å². The number of nitrogens with one attached hydrogen (secondary N) is 1. The number of carbonyl (C=O) groups excluding carboxylic acids is 1. The molecule has 96 valence electrons. The van der Waals surface area contributed by atoms with Gasteiger partial charge in [-0.25, -0.2) is 0 Å². The summed E-state index contributed by atoms with van der Waals surface area (Å²) in [5.41, 5.74) is 6.10. The molecule has 1 aromatic carbocycles. The number of carbonyl (C=O) groups is 1. The van der Waals surface area contributed by atoms with E-state index in [9.17, 15) is 4.79 Å². The Morgan fingerprint density at radius 3 is 2.41 bits per heavy atom. The van der Waals surface area contributed by atoms with Crippen LogP contribution in [-0.4, -0.2) is 19.1 Å². The van der Waals surface area contributed by atoms with Crippen molar-refractivity contribution in [3.63, 3.8) is 0 Å².